The minimum atomic E-state index is 0.413. The summed E-state index contributed by atoms with van der Waals surface area (Å²) in [6.45, 7) is 2.19. The fourth-order valence-electron chi connectivity index (χ4n) is 4.68. The molecule has 0 N–H and O–H groups in total. The van der Waals surface area contributed by atoms with Crippen LogP contribution >= 0.6 is 11.3 Å². The SMILES string of the molecule is c1ccc(CN2CCc3c(sc4c3CCCC4)C2c2ccccc2)cc1. The molecule has 1 aliphatic carbocycles. The Morgan fingerprint density at radius 2 is 1.54 bits per heavy atom. The normalized spacial score (nSPS) is 19.8. The van der Waals surface area contributed by atoms with E-state index < -0.39 is 0 Å². The highest BCUT2D eigenvalue weighted by molar-refractivity contribution is 7.12. The van der Waals surface area contributed by atoms with Crippen molar-refractivity contribution in [1.29, 1.82) is 0 Å². The first-order valence-electron chi connectivity index (χ1n) is 9.86. The Hall–Kier alpha value is -1.90. The predicted molar refractivity (Wildman–Crippen MR) is 110 cm³/mol. The lowest BCUT2D eigenvalue weighted by atomic mass is 9.88. The minimum Gasteiger partial charge on any atom is -0.287 e. The van der Waals surface area contributed by atoms with E-state index in [1.807, 2.05) is 0 Å². The molecule has 0 saturated heterocycles. The molecule has 2 aromatic carbocycles. The Bertz CT molecular complexity index is 881. The van der Waals surface area contributed by atoms with E-state index in [9.17, 15) is 0 Å². The second kappa shape index (κ2) is 7.02. The maximum atomic E-state index is 2.69. The largest absolute Gasteiger partial charge is 0.287 e. The second-order valence-corrected chi connectivity index (χ2v) is 8.71. The highest BCUT2D eigenvalue weighted by Gasteiger charge is 2.33. The van der Waals surface area contributed by atoms with Crippen LogP contribution in [0.2, 0.25) is 0 Å². The van der Waals surface area contributed by atoms with Crippen LogP contribution in [0.1, 0.15) is 50.9 Å². The van der Waals surface area contributed by atoms with E-state index in [4.69, 9.17) is 0 Å². The summed E-state index contributed by atoms with van der Waals surface area (Å²) in [4.78, 5) is 6.00. The van der Waals surface area contributed by atoms with Gasteiger partial charge in [-0.3, -0.25) is 4.90 Å². The molecule has 1 unspecified atom stereocenters. The first-order valence-corrected chi connectivity index (χ1v) is 10.7. The predicted octanol–water partition coefficient (Wildman–Crippen LogP) is 5.77. The van der Waals surface area contributed by atoms with E-state index in [1.165, 1.54) is 43.2 Å². The third-order valence-corrected chi connectivity index (χ3v) is 7.30. The topological polar surface area (TPSA) is 3.24 Å². The van der Waals surface area contributed by atoms with E-state index >= 15 is 0 Å². The molecule has 0 amide bonds. The average Bonchev–Trinajstić information content (AvgIpc) is 3.08. The molecule has 3 aromatic rings. The smallest absolute Gasteiger partial charge is 0.0702 e. The van der Waals surface area contributed by atoms with E-state index in [-0.39, 0.29) is 0 Å². The van der Waals surface area contributed by atoms with Gasteiger partial charge in [-0.2, -0.15) is 0 Å². The van der Waals surface area contributed by atoms with Gasteiger partial charge in [-0.15, -0.1) is 11.3 Å². The van der Waals surface area contributed by atoms with Crippen LogP contribution in [-0.4, -0.2) is 11.4 Å². The van der Waals surface area contributed by atoms with Crippen LogP contribution in [0, 0.1) is 0 Å². The van der Waals surface area contributed by atoms with Crippen LogP contribution in [0.15, 0.2) is 60.7 Å². The van der Waals surface area contributed by atoms with Crippen LogP contribution in [0.25, 0.3) is 0 Å². The van der Waals surface area contributed by atoms with E-state index in [0.29, 0.717) is 6.04 Å². The van der Waals surface area contributed by atoms with Crippen molar-refractivity contribution in [3.05, 3.63) is 92.7 Å². The van der Waals surface area contributed by atoms with Gasteiger partial charge in [-0.25, -0.2) is 0 Å². The summed E-state index contributed by atoms with van der Waals surface area (Å²) >= 11 is 2.11. The summed E-state index contributed by atoms with van der Waals surface area (Å²) in [5.41, 5.74) is 6.28. The van der Waals surface area contributed by atoms with E-state index in [2.05, 4.69) is 76.9 Å². The molecule has 26 heavy (non-hydrogen) atoms. The highest BCUT2D eigenvalue weighted by atomic mass is 32.1. The molecule has 1 aliphatic heterocycles. The van der Waals surface area contributed by atoms with Gasteiger partial charge in [-0.05, 0) is 54.4 Å². The molecule has 1 nitrogen and oxygen atoms in total. The zero-order valence-electron chi connectivity index (χ0n) is 15.2. The van der Waals surface area contributed by atoms with Crippen molar-refractivity contribution in [2.45, 2.75) is 44.7 Å². The standard InChI is InChI=1S/C24H25NS/c1-3-9-18(10-4-1)17-25-16-15-21-20-13-7-8-14-22(20)26-24(21)23(25)19-11-5-2-6-12-19/h1-6,9-12,23H,7-8,13-17H2. The second-order valence-electron chi connectivity index (χ2n) is 7.57. The number of nitrogens with zero attached hydrogens (tertiary/aromatic N) is 1. The Balaban J connectivity index is 1.57. The number of hydrogen-bond donors (Lipinski definition) is 0. The monoisotopic (exact) mass is 359 g/mol. The van der Waals surface area contributed by atoms with Crippen LogP contribution in [0.3, 0.4) is 0 Å². The van der Waals surface area contributed by atoms with Crippen molar-refractivity contribution < 1.29 is 0 Å². The molecule has 132 valence electrons. The van der Waals surface area contributed by atoms with Gasteiger partial charge < -0.3 is 0 Å². The van der Waals surface area contributed by atoms with Gasteiger partial charge in [0.1, 0.15) is 0 Å². The molecule has 0 saturated carbocycles. The third-order valence-electron chi connectivity index (χ3n) is 5.92. The van der Waals surface area contributed by atoms with Crippen LogP contribution in [0.5, 0.6) is 0 Å². The van der Waals surface area contributed by atoms with Crippen molar-refractivity contribution in [3.8, 4) is 0 Å². The maximum absolute atomic E-state index is 2.69. The van der Waals surface area contributed by atoms with Crippen molar-refractivity contribution in [2.75, 3.05) is 6.54 Å². The molecular weight excluding hydrogens is 334 g/mol. The Kier molecular flexibility index (Phi) is 4.40. The summed E-state index contributed by atoms with van der Waals surface area (Å²) in [5, 5.41) is 0. The third kappa shape index (κ3) is 2.91. The molecule has 0 fully saturated rings. The Morgan fingerprint density at radius 3 is 2.35 bits per heavy atom. The van der Waals surface area contributed by atoms with Gasteiger partial charge in [0.25, 0.3) is 0 Å². The van der Waals surface area contributed by atoms with Crippen LogP contribution in [0.4, 0.5) is 0 Å². The summed E-state index contributed by atoms with van der Waals surface area (Å²) in [7, 11) is 0. The lowest BCUT2D eigenvalue weighted by Crippen LogP contribution is -2.35. The van der Waals surface area contributed by atoms with Gasteiger partial charge in [0.2, 0.25) is 0 Å². The van der Waals surface area contributed by atoms with Crippen molar-refractivity contribution in [1.82, 2.24) is 4.90 Å². The highest BCUT2D eigenvalue weighted by Crippen LogP contribution is 2.45. The molecule has 1 aromatic heterocycles. The fourth-order valence-corrected chi connectivity index (χ4v) is 6.29. The number of aryl methyl sites for hydroxylation is 1. The fraction of sp³-hybridized carbons (Fsp3) is 0.333. The molecule has 0 bridgehead atoms. The van der Waals surface area contributed by atoms with Crippen molar-refractivity contribution in [2.24, 2.45) is 0 Å². The first-order chi connectivity index (χ1) is 12.9. The molecule has 2 heteroatoms. The van der Waals surface area contributed by atoms with Gasteiger partial charge in [-0.1, -0.05) is 60.7 Å². The number of fused-ring (bicyclic) bond motifs is 3. The molecule has 0 radical (unpaired) electrons. The molecule has 1 atom stereocenters. The molecular formula is C24H25NS. The lowest BCUT2D eigenvalue weighted by molar-refractivity contribution is 0.207. The van der Waals surface area contributed by atoms with E-state index in [0.717, 1.165) is 13.1 Å². The number of benzene rings is 2. The molecule has 0 spiro atoms. The number of thiophene rings is 1. The van der Waals surface area contributed by atoms with Crippen molar-refractivity contribution in [3.63, 3.8) is 0 Å². The average molecular weight is 360 g/mol. The van der Waals surface area contributed by atoms with Crippen LogP contribution in [-0.2, 0) is 25.8 Å². The van der Waals surface area contributed by atoms with E-state index in [1.54, 1.807) is 20.9 Å². The zero-order chi connectivity index (χ0) is 17.3. The summed E-state index contributed by atoms with van der Waals surface area (Å²) < 4.78 is 0. The Morgan fingerprint density at radius 1 is 0.808 bits per heavy atom. The van der Waals surface area contributed by atoms with Gasteiger partial charge in [0, 0.05) is 22.8 Å². The van der Waals surface area contributed by atoms with Gasteiger partial charge >= 0.3 is 0 Å². The maximum Gasteiger partial charge on any atom is 0.0702 e. The number of hydrogen-bond acceptors (Lipinski definition) is 2. The summed E-state index contributed by atoms with van der Waals surface area (Å²) in [6.07, 6.45) is 6.57. The van der Waals surface area contributed by atoms with Crippen molar-refractivity contribution >= 4 is 11.3 Å². The molecule has 5 rings (SSSR count). The summed E-state index contributed by atoms with van der Waals surface area (Å²) in [5.74, 6) is 0. The van der Waals surface area contributed by atoms with Gasteiger partial charge in [0.05, 0.1) is 6.04 Å². The zero-order valence-corrected chi connectivity index (χ0v) is 16.0. The van der Waals surface area contributed by atoms with Gasteiger partial charge in [0.15, 0.2) is 0 Å². The first kappa shape index (κ1) is 16.3. The minimum absolute atomic E-state index is 0.413. The molecule has 2 aliphatic rings. The van der Waals surface area contributed by atoms with Crippen LogP contribution < -0.4 is 0 Å². The quantitative estimate of drug-likeness (QED) is 0.573. The number of rotatable bonds is 3. The lowest BCUT2D eigenvalue weighted by Gasteiger charge is -2.36. The Labute approximate surface area is 160 Å². The summed E-state index contributed by atoms with van der Waals surface area (Å²) in [6, 6.07) is 22.5. The molecule has 2 heterocycles.